The fourth-order valence-corrected chi connectivity index (χ4v) is 5.55. The van der Waals surface area contributed by atoms with Crippen molar-refractivity contribution in [2.75, 3.05) is 0 Å². The van der Waals surface area contributed by atoms with Gasteiger partial charge in [-0.15, -0.1) is 0 Å². The SMILES string of the molecule is CC(=O)Oc1ccc(O)c(C[C@@]2(C)C3CCC=C(C)[C@@]3(C)CC[C@@H]2C)c1. The minimum absolute atomic E-state index is 0.106. The lowest BCUT2D eigenvalue weighted by atomic mass is 9.47. The van der Waals surface area contributed by atoms with Crippen LogP contribution in [0.3, 0.4) is 0 Å². The van der Waals surface area contributed by atoms with Gasteiger partial charge in [0.15, 0.2) is 0 Å². The molecule has 4 atom stereocenters. The van der Waals surface area contributed by atoms with E-state index in [0.29, 0.717) is 23.3 Å². The summed E-state index contributed by atoms with van der Waals surface area (Å²) in [5.74, 6) is 1.66. The minimum atomic E-state index is -0.334. The molecular weight excluding hydrogens is 324 g/mol. The van der Waals surface area contributed by atoms with Crippen molar-refractivity contribution >= 4 is 5.97 Å². The highest BCUT2D eigenvalue weighted by Crippen LogP contribution is 2.61. The summed E-state index contributed by atoms with van der Waals surface area (Å²) >= 11 is 0. The molecule has 0 spiro atoms. The van der Waals surface area contributed by atoms with Crippen LogP contribution in [0.5, 0.6) is 11.5 Å². The number of phenolic OH excluding ortho intramolecular Hbond substituents is 1. The van der Waals surface area contributed by atoms with E-state index in [1.165, 1.54) is 31.8 Å². The van der Waals surface area contributed by atoms with E-state index in [2.05, 4.69) is 33.8 Å². The summed E-state index contributed by atoms with van der Waals surface area (Å²) in [7, 11) is 0. The fraction of sp³-hybridized carbons (Fsp3) is 0.609. The Bertz CT molecular complexity index is 735. The molecule has 3 rings (SSSR count). The zero-order valence-corrected chi connectivity index (χ0v) is 16.8. The van der Waals surface area contributed by atoms with E-state index >= 15 is 0 Å². The van der Waals surface area contributed by atoms with Crippen molar-refractivity contribution in [1.29, 1.82) is 0 Å². The van der Waals surface area contributed by atoms with Gasteiger partial charge in [0.05, 0.1) is 0 Å². The molecule has 1 aromatic rings. The van der Waals surface area contributed by atoms with E-state index in [9.17, 15) is 9.90 Å². The van der Waals surface area contributed by atoms with Gasteiger partial charge in [-0.2, -0.15) is 0 Å². The number of benzene rings is 1. The summed E-state index contributed by atoms with van der Waals surface area (Å²) < 4.78 is 5.24. The fourth-order valence-electron chi connectivity index (χ4n) is 5.55. The number of hydrogen-bond acceptors (Lipinski definition) is 3. The molecule has 3 heteroatoms. The van der Waals surface area contributed by atoms with E-state index in [-0.39, 0.29) is 16.8 Å². The van der Waals surface area contributed by atoms with E-state index < -0.39 is 0 Å². The van der Waals surface area contributed by atoms with Gasteiger partial charge in [0.25, 0.3) is 0 Å². The molecule has 0 amide bonds. The first-order chi connectivity index (χ1) is 12.2. The Morgan fingerprint density at radius 3 is 2.73 bits per heavy atom. The normalized spacial score (nSPS) is 34.0. The number of phenols is 1. The highest BCUT2D eigenvalue weighted by atomic mass is 16.5. The number of carbonyl (C=O) groups excluding carboxylic acids is 1. The predicted octanol–water partition coefficient (Wildman–Crippen LogP) is 5.66. The van der Waals surface area contributed by atoms with E-state index in [0.717, 1.165) is 18.4 Å². The maximum atomic E-state index is 11.3. The lowest BCUT2D eigenvalue weighted by Crippen LogP contribution is -2.50. The van der Waals surface area contributed by atoms with Gasteiger partial charge in [-0.3, -0.25) is 4.79 Å². The van der Waals surface area contributed by atoms with Gasteiger partial charge in [-0.25, -0.2) is 0 Å². The maximum Gasteiger partial charge on any atom is 0.308 e. The van der Waals surface area contributed by atoms with Crippen molar-refractivity contribution in [3.8, 4) is 11.5 Å². The third-order valence-corrected chi connectivity index (χ3v) is 7.48. The molecule has 0 heterocycles. The van der Waals surface area contributed by atoms with Gasteiger partial charge in [-0.05, 0) is 85.5 Å². The summed E-state index contributed by atoms with van der Waals surface area (Å²) in [6.45, 7) is 10.9. The van der Waals surface area contributed by atoms with Crippen LogP contribution in [0.15, 0.2) is 29.8 Å². The van der Waals surface area contributed by atoms with Gasteiger partial charge in [-0.1, -0.05) is 32.4 Å². The molecule has 2 aliphatic carbocycles. The molecule has 1 aromatic carbocycles. The van der Waals surface area contributed by atoms with E-state index in [4.69, 9.17) is 4.74 Å². The highest BCUT2D eigenvalue weighted by Gasteiger charge is 2.53. The third-order valence-electron chi connectivity index (χ3n) is 7.48. The molecule has 2 aliphatic rings. The van der Waals surface area contributed by atoms with Gasteiger partial charge < -0.3 is 9.84 Å². The van der Waals surface area contributed by atoms with Crippen molar-refractivity contribution < 1.29 is 14.6 Å². The van der Waals surface area contributed by atoms with Crippen molar-refractivity contribution in [2.45, 2.75) is 66.7 Å². The Labute approximate surface area is 157 Å². The van der Waals surface area contributed by atoms with Crippen LogP contribution in [0.25, 0.3) is 0 Å². The molecule has 0 radical (unpaired) electrons. The minimum Gasteiger partial charge on any atom is -0.508 e. The highest BCUT2D eigenvalue weighted by molar-refractivity contribution is 5.69. The Balaban J connectivity index is 1.97. The van der Waals surface area contributed by atoms with Crippen LogP contribution >= 0.6 is 0 Å². The molecule has 1 N–H and O–H groups in total. The number of fused-ring (bicyclic) bond motifs is 1. The Hall–Kier alpha value is -1.77. The van der Waals surface area contributed by atoms with Crippen LogP contribution in [0.2, 0.25) is 0 Å². The van der Waals surface area contributed by atoms with Crippen LogP contribution in [0.1, 0.15) is 65.9 Å². The third kappa shape index (κ3) is 3.17. The second-order valence-corrected chi connectivity index (χ2v) is 8.94. The first-order valence-electron chi connectivity index (χ1n) is 9.84. The molecule has 1 fully saturated rings. The second kappa shape index (κ2) is 6.75. The molecule has 3 nitrogen and oxygen atoms in total. The number of ether oxygens (including phenoxy) is 1. The largest absolute Gasteiger partial charge is 0.508 e. The van der Waals surface area contributed by atoms with Crippen molar-refractivity contribution in [2.24, 2.45) is 22.7 Å². The molecule has 26 heavy (non-hydrogen) atoms. The molecule has 0 bridgehead atoms. The molecular formula is C23H32O3. The summed E-state index contributed by atoms with van der Waals surface area (Å²) in [6.07, 6.45) is 8.04. The number of aromatic hydroxyl groups is 1. The number of hydrogen-bond donors (Lipinski definition) is 1. The zero-order valence-electron chi connectivity index (χ0n) is 16.8. The molecule has 0 aromatic heterocycles. The lowest BCUT2D eigenvalue weighted by Gasteiger charge is -2.58. The molecule has 0 saturated heterocycles. The Morgan fingerprint density at radius 2 is 2.04 bits per heavy atom. The van der Waals surface area contributed by atoms with Crippen LogP contribution < -0.4 is 4.74 Å². The molecule has 0 aliphatic heterocycles. The van der Waals surface area contributed by atoms with Gasteiger partial charge in [0.2, 0.25) is 0 Å². The monoisotopic (exact) mass is 356 g/mol. The lowest BCUT2D eigenvalue weighted by molar-refractivity contribution is -0.131. The number of allylic oxidation sites excluding steroid dienone is 2. The summed E-state index contributed by atoms with van der Waals surface area (Å²) in [4.78, 5) is 11.3. The smallest absolute Gasteiger partial charge is 0.308 e. The molecule has 1 unspecified atom stereocenters. The quantitative estimate of drug-likeness (QED) is 0.432. The second-order valence-electron chi connectivity index (χ2n) is 8.94. The van der Waals surface area contributed by atoms with Gasteiger partial charge >= 0.3 is 5.97 Å². The van der Waals surface area contributed by atoms with Crippen LogP contribution in [-0.2, 0) is 11.2 Å². The van der Waals surface area contributed by atoms with Crippen LogP contribution in [0, 0.1) is 22.7 Å². The zero-order chi connectivity index (χ0) is 19.1. The molecule has 1 saturated carbocycles. The van der Waals surface area contributed by atoms with Gasteiger partial charge in [0, 0.05) is 6.92 Å². The first-order valence-corrected chi connectivity index (χ1v) is 9.84. The topological polar surface area (TPSA) is 46.5 Å². The number of esters is 1. The summed E-state index contributed by atoms with van der Waals surface area (Å²) in [6, 6.07) is 5.15. The van der Waals surface area contributed by atoms with E-state index in [1.807, 2.05) is 6.07 Å². The van der Waals surface area contributed by atoms with Crippen molar-refractivity contribution in [3.63, 3.8) is 0 Å². The number of rotatable bonds is 3. The first kappa shape index (κ1) is 19.0. The molecule has 142 valence electrons. The Kier molecular flexibility index (Phi) is 4.94. The van der Waals surface area contributed by atoms with Crippen molar-refractivity contribution in [3.05, 3.63) is 35.4 Å². The van der Waals surface area contributed by atoms with Crippen LogP contribution in [0.4, 0.5) is 0 Å². The van der Waals surface area contributed by atoms with Crippen molar-refractivity contribution in [1.82, 2.24) is 0 Å². The maximum absolute atomic E-state index is 11.3. The number of carbonyl (C=O) groups is 1. The predicted molar refractivity (Wildman–Crippen MR) is 104 cm³/mol. The summed E-state index contributed by atoms with van der Waals surface area (Å²) in [5, 5.41) is 10.5. The average Bonchev–Trinajstić information content (AvgIpc) is 2.56. The standard InChI is InChI=1S/C23H32O3/c1-15-7-6-8-21-22(15,4)12-11-16(2)23(21,5)14-18-13-19(26-17(3)24)9-10-20(18)25/h7,9-10,13,16,21,25H,6,8,11-12,14H2,1-5H3/t16-,21?,22+,23+/m0/s1. The average molecular weight is 357 g/mol. The van der Waals surface area contributed by atoms with E-state index in [1.54, 1.807) is 12.1 Å². The Morgan fingerprint density at radius 1 is 1.31 bits per heavy atom. The van der Waals surface area contributed by atoms with Crippen LogP contribution in [-0.4, -0.2) is 11.1 Å². The van der Waals surface area contributed by atoms with Gasteiger partial charge in [0.1, 0.15) is 11.5 Å². The summed E-state index contributed by atoms with van der Waals surface area (Å²) in [5.41, 5.74) is 2.77.